The van der Waals surface area contributed by atoms with Crippen molar-refractivity contribution in [2.24, 2.45) is 0 Å². The molecule has 11 nitrogen and oxygen atoms in total. The summed E-state index contributed by atoms with van der Waals surface area (Å²) in [5.74, 6) is -2.35. The quantitative estimate of drug-likeness (QED) is 0.150. The summed E-state index contributed by atoms with van der Waals surface area (Å²) in [5.41, 5.74) is 2.29. The van der Waals surface area contributed by atoms with Crippen molar-refractivity contribution >= 4 is 51.9 Å². The van der Waals surface area contributed by atoms with Gasteiger partial charge in [-0.2, -0.15) is 0 Å². The number of benzene rings is 2. The minimum atomic E-state index is -0.740. The molecule has 2 heterocycles. The van der Waals surface area contributed by atoms with Gasteiger partial charge in [0.2, 0.25) is 5.91 Å². The number of hydrogen-bond donors (Lipinski definition) is 2. The molecule has 2 N–H and O–H groups in total. The Balaban J connectivity index is 1.59. The summed E-state index contributed by atoms with van der Waals surface area (Å²) in [6, 6.07) is 12.9. The molecule has 0 aliphatic rings. The van der Waals surface area contributed by atoms with E-state index in [9.17, 15) is 23.6 Å². The number of esters is 2. The van der Waals surface area contributed by atoms with Crippen molar-refractivity contribution < 1.29 is 33.0 Å². The van der Waals surface area contributed by atoms with Crippen LogP contribution in [0.15, 0.2) is 53.7 Å². The Bertz CT molecular complexity index is 1740. The lowest BCUT2D eigenvalue weighted by Gasteiger charge is -2.15. The second-order valence-corrected chi connectivity index (χ2v) is 12.0. The van der Waals surface area contributed by atoms with Gasteiger partial charge in [-0.25, -0.2) is 14.0 Å². The van der Waals surface area contributed by atoms with Crippen molar-refractivity contribution in [2.75, 3.05) is 18.5 Å². The zero-order valence-electron chi connectivity index (χ0n) is 25.3. The smallest absolute Gasteiger partial charge is 0.348 e. The third kappa shape index (κ3) is 7.94. The molecule has 2 aromatic heterocycles. The lowest BCUT2D eigenvalue weighted by molar-refractivity contribution is -0.115. The van der Waals surface area contributed by atoms with Gasteiger partial charge >= 0.3 is 11.9 Å². The number of carbonyl (C=O) groups excluding carboxylic acids is 4. The predicted octanol–water partition coefficient (Wildman–Crippen LogP) is 5.49. The Morgan fingerprint density at radius 2 is 1.71 bits per heavy atom. The number of nitrogens with zero attached hydrogens (tertiary/aromatic N) is 3. The lowest BCUT2D eigenvalue weighted by atomic mass is 10.1. The molecule has 0 radical (unpaired) electrons. The monoisotopic (exact) mass is 653 g/mol. The highest BCUT2D eigenvalue weighted by molar-refractivity contribution is 8.00. The summed E-state index contributed by atoms with van der Waals surface area (Å²) in [5, 5.41) is 13.9. The van der Waals surface area contributed by atoms with Gasteiger partial charge in [0.1, 0.15) is 15.7 Å². The summed E-state index contributed by atoms with van der Waals surface area (Å²) in [6.45, 7) is 8.77. The van der Waals surface area contributed by atoms with E-state index in [0.717, 1.165) is 34.7 Å². The van der Waals surface area contributed by atoms with Crippen molar-refractivity contribution in [2.45, 2.75) is 51.6 Å². The van der Waals surface area contributed by atoms with E-state index < -0.39 is 34.8 Å². The first-order valence-corrected chi connectivity index (χ1v) is 15.7. The van der Waals surface area contributed by atoms with E-state index in [1.807, 2.05) is 31.2 Å². The zero-order chi connectivity index (χ0) is 32.7. The number of carbonyl (C=O) groups is 4. The van der Waals surface area contributed by atoms with E-state index in [4.69, 9.17) is 9.47 Å². The zero-order valence-corrected chi connectivity index (χ0v) is 26.9. The van der Waals surface area contributed by atoms with Gasteiger partial charge in [0.15, 0.2) is 11.0 Å². The van der Waals surface area contributed by atoms with Gasteiger partial charge in [-0.15, -0.1) is 21.5 Å². The maximum absolute atomic E-state index is 13.6. The predicted molar refractivity (Wildman–Crippen MR) is 169 cm³/mol. The molecule has 0 bridgehead atoms. The maximum Gasteiger partial charge on any atom is 0.348 e. The second-order valence-electron chi connectivity index (χ2n) is 9.72. The number of rotatable bonds is 12. The molecule has 1 atom stereocenters. The lowest BCUT2D eigenvalue weighted by Crippen LogP contribution is -2.25. The fourth-order valence-corrected chi connectivity index (χ4v) is 6.25. The van der Waals surface area contributed by atoms with Crippen LogP contribution in [0.2, 0.25) is 0 Å². The number of aryl methyl sites for hydroxylation is 1. The first-order chi connectivity index (χ1) is 21.5. The molecule has 2 amide bonds. The fraction of sp³-hybridized carbons (Fsp3) is 0.290. The van der Waals surface area contributed by atoms with Crippen LogP contribution in [0.25, 0.3) is 5.69 Å². The number of amides is 2. The largest absolute Gasteiger partial charge is 0.462 e. The van der Waals surface area contributed by atoms with Crippen molar-refractivity contribution in [3.63, 3.8) is 0 Å². The minimum Gasteiger partial charge on any atom is -0.462 e. The Morgan fingerprint density at radius 3 is 2.40 bits per heavy atom. The van der Waals surface area contributed by atoms with Crippen LogP contribution < -0.4 is 10.6 Å². The van der Waals surface area contributed by atoms with Gasteiger partial charge in [-0.05, 0) is 76.1 Å². The van der Waals surface area contributed by atoms with Gasteiger partial charge in [0.25, 0.3) is 5.91 Å². The van der Waals surface area contributed by atoms with Crippen LogP contribution in [0.4, 0.5) is 9.39 Å². The molecule has 0 spiro atoms. The highest BCUT2D eigenvalue weighted by Gasteiger charge is 2.29. The van der Waals surface area contributed by atoms with Crippen LogP contribution in [-0.4, -0.2) is 57.0 Å². The molecule has 0 saturated carbocycles. The molecular weight excluding hydrogens is 622 g/mol. The summed E-state index contributed by atoms with van der Waals surface area (Å²) in [6.07, 6.45) is 0. The average molecular weight is 654 g/mol. The van der Waals surface area contributed by atoms with Crippen molar-refractivity contribution in [1.82, 2.24) is 20.1 Å². The van der Waals surface area contributed by atoms with E-state index in [1.54, 1.807) is 32.3 Å². The third-order valence-electron chi connectivity index (χ3n) is 6.43. The summed E-state index contributed by atoms with van der Waals surface area (Å²) < 4.78 is 25.7. The first kappa shape index (κ1) is 33.3. The Kier molecular flexibility index (Phi) is 11.1. The number of aromatic nitrogens is 3. The number of thioether (sulfide) groups is 1. The summed E-state index contributed by atoms with van der Waals surface area (Å²) in [7, 11) is 0. The van der Waals surface area contributed by atoms with Crippen molar-refractivity contribution in [3.8, 4) is 5.69 Å². The van der Waals surface area contributed by atoms with E-state index in [0.29, 0.717) is 22.2 Å². The number of anilines is 1. The molecule has 45 heavy (non-hydrogen) atoms. The van der Waals surface area contributed by atoms with Crippen LogP contribution in [0.3, 0.4) is 0 Å². The highest BCUT2D eigenvalue weighted by atomic mass is 32.2. The average Bonchev–Trinajstić information content (AvgIpc) is 3.55. The van der Waals surface area contributed by atoms with E-state index in [2.05, 4.69) is 20.8 Å². The van der Waals surface area contributed by atoms with Gasteiger partial charge in [-0.3, -0.25) is 14.2 Å². The van der Waals surface area contributed by atoms with Crippen molar-refractivity contribution in [3.05, 3.63) is 87.3 Å². The van der Waals surface area contributed by atoms with Crippen LogP contribution >= 0.6 is 23.1 Å². The van der Waals surface area contributed by atoms with Gasteiger partial charge in [0, 0.05) is 11.3 Å². The van der Waals surface area contributed by atoms with Crippen LogP contribution in [-0.2, 0) is 20.8 Å². The molecule has 236 valence electrons. The van der Waals surface area contributed by atoms with Gasteiger partial charge < -0.3 is 20.1 Å². The Hall–Kier alpha value is -4.56. The summed E-state index contributed by atoms with van der Waals surface area (Å²) >= 11 is 2.05. The van der Waals surface area contributed by atoms with Crippen LogP contribution in [0, 0.1) is 19.7 Å². The van der Waals surface area contributed by atoms with E-state index >= 15 is 0 Å². The molecular formula is C31H32FN5O6S2. The van der Waals surface area contributed by atoms with Crippen LogP contribution in [0.1, 0.15) is 68.1 Å². The van der Waals surface area contributed by atoms with E-state index in [1.165, 1.54) is 18.2 Å². The number of hydrogen-bond acceptors (Lipinski definition) is 10. The van der Waals surface area contributed by atoms with Crippen LogP contribution in [0.5, 0.6) is 0 Å². The molecule has 0 aliphatic heterocycles. The molecule has 0 unspecified atom stereocenters. The third-order valence-corrected chi connectivity index (χ3v) is 8.66. The molecule has 4 rings (SSSR count). The van der Waals surface area contributed by atoms with Gasteiger partial charge in [-0.1, -0.05) is 30.0 Å². The Morgan fingerprint density at radius 1 is 1.00 bits per heavy atom. The molecule has 2 aromatic carbocycles. The normalized spacial score (nSPS) is 11.5. The first-order valence-electron chi connectivity index (χ1n) is 14.0. The number of ether oxygens (including phenoxy) is 2. The number of nitrogens with one attached hydrogen (secondary N) is 2. The Labute approximate surface area is 267 Å². The minimum absolute atomic E-state index is 0.0224. The standard InChI is InChI=1S/C31H32FN5O6S2/c1-6-42-29(40)24-18(4)25(30(41)43-7-2)45-28(24)34-26(38)19(5)44-31-36-35-23(37(31)22-13-8-10-17(3)14-22)16-33-27(39)20-11-9-12-21(32)15-20/h8-15,19H,6-7,16H2,1-5H3,(H,33,39)(H,34,38)/t19-/m1/s1. The molecule has 4 aromatic rings. The van der Waals surface area contributed by atoms with E-state index in [-0.39, 0.29) is 40.8 Å². The molecule has 14 heteroatoms. The second kappa shape index (κ2) is 14.9. The molecule has 0 aliphatic carbocycles. The highest BCUT2D eigenvalue weighted by Crippen LogP contribution is 2.35. The fourth-order valence-electron chi connectivity index (χ4n) is 4.28. The summed E-state index contributed by atoms with van der Waals surface area (Å²) in [4.78, 5) is 51.6. The molecule has 0 saturated heterocycles. The van der Waals surface area contributed by atoms with Gasteiger partial charge in [0.05, 0.1) is 30.6 Å². The van der Waals surface area contributed by atoms with Crippen molar-refractivity contribution in [1.29, 1.82) is 0 Å². The maximum atomic E-state index is 13.6. The number of halogens is 1. The topological polar surface area (TPSA) is 142 Å². The molecule has 0 fully saturated rings. The SMILES string of the molecule is CCOC(=O)c1sc(NC(=O)[C@@H](C)Sc2nnc(CNC(=O)c3cccc(F)c3)n2-c2cccc(C)c2)c(C(=O)OCC)c1C. The number of thiophene rings is 1.